The van der Waals surface area contributed by atoms with Gasteiger partial charge in [-0.05, 0) is 43.3 Å². The Bertz CT molecular complexity index is 1260. The normalized spacial score (nSPS) is 11.4. The van der Waals surface area contributed by atoms with E-state index in [-0.39, 0.29) is 23.2 Å². The number of aromatic nitrogens is 3. The maximum Gasteiger partial charge on any atom is 0.263 e. The van der Waals surface area contributed by atoms with E-state index in [1.165, 1.54) is 0 Å². The number of sulfonamides is 1. The second-order valence-corrected chi connectivity index (χ2v) is 8.39. The minimum atomic E-state index is -3.84. The molecule has 0 radical (unpaired) electrons. The standard InChI is InChI=1S/C22H20N4O3S/c1-16-9-11-18(12-10-16)30(27,28)26-21-22(25-20-8-3-2-7-19(20)24-21)29-15-13-17-6-4-5-14-23-17/h2-12,14H,13,15H2,1H3,(H,24,26). The zero-order chi connectivity index (χ0) is 21.0. The molecule has 0 atom stereocenters. The Labute approximate surface area is 174 Å². The van der Waals surface area contributed by atoms with Crippen LogP contribution in [0.4, 0.5) is 5.82 Å². The highest BCUT2D eigenvalue weighted by Crippen LogP contribution is 2.26. The summed E-state index contributed by atoms with van der Waals surface area (Å²) in [6.07, 6.45) is 2.27. The fourth-order valence-corrected chi connectivity index (χ4v) is 3.85. The number of aryl methyl sites for hydroxylation is 1. The van der Waals surface area contributed by atoms with Gasteiger partial charge in [-0.3, -0.25) is 9.71 Å². The van der Waals surface area contributed by atoms with Crippen molar-refractivity contribution in [1.29, 1.82) is 0 Å². The van der Waals surface area contributed by atoms with Gasteiger partial charge in [0.15, 0.2) is 0 Å². The summed E-state index contributed by atoms with van der Waals surface area (Å²) in [6.45, 7) is 2.18. The van der Waals surface area contributed by atoms with Gasteiger partial charge in [0.05, 0.1) is 22.5 Å². The van der Waals surface area contributed by atoms with Crippen LogP contribution in [0.15, 0.2) is 77.8 Å². The third-order valence-corrected chi connectivity index (χ3v) is 5.78. The van der Waals surface area contributed by atoms with Gasteiger partial charge in [0.1, 0.15) is 0 Å². The topological polar surface area (TPSA) is 94.1 Å². The van der Waals surface area contributed by atoms with Crippen LogP contribution in [-0.2, 0) is 16.4 Å². The number of hydrogen-bond donors (Lipinski definition) is 1. The molecule has 30 heavy (non-hydrogen) atoms. The summed E-state index contributed by atoms with van der Waals surface area (Å²) in [4.78, 5) is 13.3. The van der Waals surface area contributed by atoms with E-state index < -0.39 is 10.0 Å². The molecular formula is C22H20N4O3S. The lowest BCUT2D eigenvalue weighted by atomic mass is 10.2. The zero-order valence-electron chi connectivity index (χ0n) is 16.3. The Hall–Kier alpha value is -3.52. The molecule has 0 saturated heterocycles. The predicted molar refractivity (Wildman–Crippen MR) is 115 cm³/mol. The van der Waals surface area contributed by atoms with Crippen molar-refractivity contribution < 1.29 is 13.2 Å². The highest BCUT2D eigenvalue weighted by molar-refractivity contribution is 7.92. The molecule has 1 N–H and O–H groups in total. The second kappa shape index (κ2) is 8.46. The van der Waals surface area contributed by atoms with E-state index in [0.29, 0.717) is 17.5 Å². The first-order chi connectivity index (χ1) is 14.5. The van der Waals surface area contributed by atoms with Gasteiger partial charge in [-0.1, -0.05) is 35.9 Å². The SMILES string of the molecule is Cc1ccc(S(=O)(=O)Nc2nc3ccccc3nc2OCCc2ccccn2)cc1. The van der Waals surface area contributed by atoms with E-state index in [1.807, 2.05) is 37.3 Å². The number of hydrogen-bond acceptors (Lipinski definition) is 6. The largest absolute Gasteiger partial charge is 0.475 e. The molecule has 0 unspecified atom stereocenters. The van der Waals surface area contributed by atoms with Crippen molar-refractivity contribution in [1.82, 2.24) is 15.0 Å². The van der Waals surface area contributed by atoms with Crippen molar-refractivity contribution in [3.05, 3.63) is 84.2 Å². The summed E-state index contributed by atoms with van der Waals surface area (Å²) in [7, 11) is -3.84. The molecule has 4 rings (SSSR count). The minimum Gasteiger partial charge on any atom is -0.475 e. The number of benzene rings is 2. The fourth-order valence-electron chi connectivity index (χ4n) is 2.85. The molecule has 0 bridgehead atoms. The molecule has 0 spiro atoms. The maximum atomic E-state index is 12.9. The molecule has 2 heterocycles. The van der Waals surface area contributed by atoms with Gasteiger partial charge in [0.25, 0.3) is 15.9 Å². The first kappa shape index (κ1) is 19.8. The molecule has 8 heteroatoms. The van der Waals surface area contributed by atoms with Gasteiger partial charge < -0.3 is 4.74 Å². The van der Waals surface area contributed by atoms with Gasteiger partial charge in [-0.15, -0.1) is 0 Å². The van der Waals surface area contributed by atoms with Crippen molar-refractivity contribution in [2.45, 2.75) is 18.2 Å². The van der Waals surface area contributed by atoms with Crippen LogP contribution in [0.5, 0.6) is 5.88 Å². The Balaban J connectivity index is 1.63. The summed E-state index contributed by atoms with van der Waals surface area (Å²) in [5.41, 5.74) is 3.02. The van der Waals surface area contributed by atoms with Gasteiger partial charge in [0.2, 0.25) is 5.82 Å². The number of nitrogens with one attached hydrogen (secondary N) is 1. The molecule has 0 aliphatic carbocycles. The minimum absolute atomic E-state index is 0.0512. The van der Waals surface area contributed by atoms with Crippen LogP contribution in [0.2, 0.25) is 0 Å². The summed E-state index contributed by atoms with van der Waals surface area (Å²) >= 11 is 0. The molecule has 0 fully saturated rings. The number of nitrogens with zero attached hydrogens (tertiary/aromatic N) is 3. The molecule has 7 nitrogen and oxygen atoms in total. The van der Waals surface area contributed by atoms with Crippen LogP contribution in [0.3, 0.4) is 0 Å². The van der Waals surface area contributed by atoms with Crippen molar-refractivity contribution in [3.8, 4) is 5.88 Å². The summed E-state index contributed by atoms with van der Waals surface area (Å²) in [5.74, 6) is 0.176. The summed E-state index contributed by atoms with van der Waals surface area (Å²) in [5, 5.41) is 0. The van der Waals surface area contributed by atoms with E-state index >= 15 is 0 Å². The second-order valence-electron chi connectivity index (χ2n) is 6.70. The highest BCUT2D eigenvalue weighted by Gasteiger charge is 2.19. The monoisotopic (exact) mass is 420 g/mol. The molecular weight excluding hydrogens is 400 g/mol. The van der Waals surface area contributed by atoms with Gasteiger partial charge in [0, 0.05) is 18.3 Å². The molecule has 0 aliphatic rings. The van der Waals surface area contributed by atoms with Crippen LogP contribution in [0, 0.1) is 6.92 Å². The van der Waals surface area contributed by atoms with Crippen molar-refractivity contribution in [2.75, 3.05) is 11.3 Å². The number of rotatable bonds is 7. The Kier molecular flexibility index (Phi) is 5.58. The lowest BCUT2D eigenvalue weighted by Gasteiger charge is -2.13. The number of anilines is 1. The molecule has 2 aromatic heterocycles. The smallest absolute Gasteiger partial charge is 0.263 e. The number of para-hydroxylation sites is 2. The van der Waals surface area contributed by atoms with Crippen LogP contribution >= 0.6 is 0 Å². The fraction of sp³-hybridized carbons (Fsp3) is 0.136. The van der Waals surface area contributed by atoms with Crippen LogP contribution in [0.1, 0.15) is 11.3 Å². The van der Waals surface area contributed by atoms with Crippen LogP contribution in [0.25, 0.3) is 11.0 Å². The molecule has 4 aromatic rings. The number of ether oxygens (including phenoxy) is 1. The summed E-state index contributed by atoms with van der Waals surface area (Å²) in [6, 6.07) is 19.4. The van der Waals surface area contributed by atoms with Gasteiger partial charge in [-0.25, -0.2) is 18.4 Å². The third-order valence-electron chi connectivity index (χ3n) is 4.42. The van der Waals surface area contributed by atoms with Crippen LogP contribution in [-0.4, -0.2) is 30.0 Å². The Morgan fingerprint density at radius 1 is 0.900 bits per heavy atom. The first-order valence-corrected chi connectivity index (χ1v) is 10.9. The zero-order valence-corrected chi connectivity index (χ0v) is 17.1. The summed E-state index contributed by atoms with van der Waals surface area (Å²) < 4.78 is 34.0. The average Bonchev–Trinajstić information content (AvgIpc) is 2.75. The third kappa shape index (κ3) is 4.55. The molecule has 152 valence electrons. The first-order valence-electron chi connectivity index (χ1n) is 9.40. The lowest BCUT2D eigenvalue weighted by Crippen LogP contribution is -2.16. The van der Waals surface area contributed by atoms with Gasteiger partial charge >= 0.3 is 0 Å². The average molecular weight is 420 g/mol. The van der Waals surface area contributed by atoms with E-state index in [9.17, 15) is 8.42 Å². The van der Waals surface area contributed by atoms with E-state index in [4.69, 9.17) is 4.74 Å². The Morgan fingerprint density at radius 3 is 2.30 bits per heavy atom. The van der Waals surface area contributed by atoms with E-state index in [0.717, 1.165) is 11.3 Å². The molecule has 2 aromatic carbocycles. The van der Waals surface area contributed by atoms with Crippen LogP contribution < -0.4 is 9.46 Å². The Morgan fingerprint density at radius 2 is 1.60 bits per heavy atom. The predicted octanol–water partition coefficient (Wildman–Crippen LogP) is 3.76. The van der Waals surface area contributed by atoms with Crippen molar-refractivity contribution in [3.63, 3.8) is 0 Å². The highest BCUT2D eigenvalue weighted by atomic mass is 32.2. The van der Waals surface area contributed by atoms with Gasteiger partial charge in [-0.2, -0.15) is 0 Å². The molecule has 0 amide bonds. The van der Waals surface area contributed by atoms with Crippen molar-refractivity contribution in [2.24, 2.45) is 0 Å². The van der Waals surface area contributed by atoms with Crippen molar-refractivity contribution >= 4 is 26.9 Å². The molecule has 0 aliphatic heterocycles. The number of fused-ring (bicyclic) bond motifs is 1. The van der Waals surface area contributed by atoms with E-state index in [1.54, 1.807) is 42.6 Å². The molecule has 0 saturated carbocycles. The quantitative estimate of drug-likeness (QED) is 0.489. The van der Waals surface area contributed by atoms with E-state index in [2.05, 4.69) is 19.7 Å². The lowest BCUT2D eigenvalue weighted by molar-refractivity contribution is 0.310. The number of pyridine rings is 1. The maximum absolute atomic E-state index is 12.9.